The number of allylic oxidation sites excluding steroid dienone is 2. The van der Waals surface area contributed by atoms with Gasteiger partial charge in [0.25, 0.3) is 0 Å². The van der Waals surface area contributed by atoms with Gasteiger partial charge in [-0.05, 0) is 87.6 Å². The molecule has 0 spiro atoms. The Labute approximate surface area is 342 Å². The van der Waals surface area contributed by atoms with E-state index in [1.165, 1.54) is 79.2 Å². The highest BCUT2D eigenvalue weighted by atomic mass is 15.3. The molecular weight excluding hydrogens is 707 g/mol. The lowest BCUT2D eigenvalue weighted by atomic mass is 9.94. The largest absolute Gasteiger partial charge is 0.391 e. The van der Waals surface area contributed by atoms with Crippen molar-refractivity contribution in [2.75, 3.05) is 108 Å². The van der Waals surface area contributed by atoms with E-state index in [2.05, 4.69) is 112 Å². The van der Waals surface area contributed by atoms with Gasteiger partial charge in [-0.15, -0.1) is 6.58 Å². The number of aryl methyl sites for hydroxylation is 1. The van der Waals surface area contributed by atoms with Crippen LogP contribution in [0.25, 0.3) is 23.5 Å². The van der Waals surface area contributed by atoms with Gasteiger partial charge in [0.15, 0.2) is 0 Å². The fourth-order valence-electron chi connectivity index (χ4n) is 9.08. The van der Waals surface area contributed by atoms with Crippen LogP contribution in [0, 0.1) is 5.92 Å². The zero-order valence-corrected chi connectivity index (χ0v) is 34.8. The van der Waals surface area contributed by atoms with E-state index in [4.69, 9.17) is 0 Å². The third-order valence-corrected chi connectivity index (χ3v) is 12.9. The predicted octanol–water partition coefficient (Wildman–Crippen LogP) is 5.72. The number of nitrogens with zero attached hydrogens (tertiary/aromatic N) is 8. The highest BCUT2D eigenvalue weighted by molar-refractivity contribution is 5.74. The van der Waals surface area contributed by atoms with Crippen molar-refractivity contribution in [3.63, 3.8) is 0 Å². The lowest BCUT2D eigenvalue weighted by Gasteiger charge is -2.40. The van der Waals surface area contributed by atoms with E-state index in [1.54, 1.807) is 6.33 Å². The molecule has 3 aliphatic heterocycles. The van der Waals surface area contributed by atoms with Crippen LogP contribution in [0.1, 0.15) is 61.4 Å². The maximum Gasteiger partial charge on any atom is 0.132 e. The summed E-state index contributed by atoms with van der Waals surface area (Å²) in [5, 5.41) is 14.8. The van der Waals surface area contributed by atoms with Gasteiger partial charge in [0, 0.05) is 127 Å². The summed E-state index contributed by atoms with van der Waals surface area (Å²) in [5.41, 5.74) is 10.6. The van der Waals surface area contributed by atoms with Crippen molar-refractivity contribution >= 4 is 23.7 Å². The van der Waals surface area contributed by atoms with Crippen molar-refractivity contribution in [2.45, 2.75) is 57.9 Å². The van der Waals surface area contributed by atoms with Gasteiger partial charge in [-0.25, -0.2) is 9.97 Å². The minimum atomic E-state index is 0.242. The lowest BCUT2D eigenvalue weighted by Crippen LogP contribution is -2.52. The average Bonchev–Trinajstić information content (AvgIpc) is 3.68. The highest BCUT2D eigenvalue weighted by Gasteiger charge is 2.26. The summed E-state index contributed by atoms with van der Waals surface area (Å²) in [6.07, 6.45) is 15.5. The summed E-state index contributed by atoms with van der Waals surface area (Å²) in [6.45, 7) is 30.0. The van der Waals surface area contributed by atoms with Gasteiger partial charge in [-0.2, -0.15) is 5.10 Å². The molecule has 1 aromatic carbocycles. The number of likely N-dealkylation sites (N-methyl/N-ethyl adjacent to an activating group) is 1. The topological polar surface area (TPSA) is 94.7 Å². The molecule has 57 heavy (non-hydrogen) atoms. The molecule has 5 heterocycles. The first-order valence-corrected chi connectivity index (χ1v) is 21.6. The molecule has 3 aromatic rings. The molecule has 0 saturated carbocycles. The zero-order chi connectivity index (χ0) is 39.6. The normalized spacial score (nSPS) is 19.2. The molecule has 2 aromatic heterocycles. The SMILES string of the molecule is C=CCCC(NCCc1cc(N2CCC(CN3CCN(CCN4CCN(c5cc(-c6n[nH]c7c6C=C(C)CC7)ncn5)CC4)CC3)CC2)ccc1C=C)C(=C)NC. The monoisotopic (exact) mass is 774 g/mol. The minimum absolute atomic E-state index is 0.242. The van der Waals surface area contributed by atoms with Crippen LogP contribution in [0.2, 0.25) is 0 Å². The third-order valence-electron chi connectivity index (χ3n) is 12.9. The van der Waals surface area contributed by atoms with Crippen LogP contribution < -0.4 is 20.4 Å². The second kappa shape index (κ2) is 19.9. The molecule has 1 unspecified atom stereocenters. The fourth-order valence-corrected chi connectivity index (χ4v) is 9.08. The molecule has 0 bridgehead atoms. The number of benzene rings is 1. The van der Waals surface area contributed by atoms with Crippen LogP contribution in [0.5, 0.6) is 0 Å². The van der Waals surface area contributed by atoms with Gasteiger partial charge < -0.3 is 25.3 Å². The Morgan fingerprint density at radius 2 is 1.65 bits per heavy atom. The van der Waals surface area contributed by atoms with Gasteiger partial charge in [-0.3, -0.25) is 14.9 Å². The molecule has 11 heteroatoms. The molecule has 3 fully saturated rings. The Hall–Kier alpha value is -4.29. The second-order valence-electron chi connectivity index (χ2n) is 16.6. The minimum Gasteiger partial charge on any atom is -0.391 e. The molecule has 3 saturated heterocycles. The number of piperazine rings is 2. The van der Waals surface area contributed by atoms with Gasteiger partial charge in [0.1, 0.15) is 17.8 Å². The number of anilines is 2. The first-order chi connectivity index (χ1) is 27.9. The van der Waals surface area contributed by atoms with Crippen molar-refractivity contribution in [1.29, 1.82) is 0 Å². The van der Waals surface area contributed by atoms with E-state index in [9.17, 15) is 0 Å². The van der Waals surface area contributed by atoms with Crippen molar-refractivity contribution in [2.24, 2.45) is 5.92 Å². The summed E-state index contributed by atoms with van der Waals surface area (Å²) in [5.74, 6) is 1.79. The number of piperidine rings is 1. The number of nitrogens with one attached hydrogen (secondary N) is 3. The van der Waals surface area contributed by atoms with E-state index in [1.807, 2.05) is 19.2 Å². The van der Waals surface area contributed by atoms with Crippen LogP contribution in [0.3, 0.4) is 0 Å². The number of rotatable bonds is 18. The fraction of sp³-hybridized carbons (Fsp3) is 0.543. The van der Waals surface area contributed by atoms with Gasteiger partial charge in [-0.1, -0.05) is 43.0 Å². The predicted molar refractivity (Wildman–Crippen MR) is 238 cm³/mol. The van der Waals surface area contributed by atoms with Crippen molar-refractivity contribution in [3.8, 4) is 11.4 Å². The van der Waals surface area contributed by atoms with Gasteiger partial charge >= 0.3 is 0 Å². The quantitative estimate of drug-likeness (QED) is 0.140. The molecule has 3 N–H and O–H groups in total. The zero-order valence-electron chi connectivity index (χ0n) is 34.8. The molecule has 7 rings (SSSR count). The summed E-state index contributed by atoms with van der Waals surface area (Å²) < 4.78 is 0. The molecule has 0 amide bonds. The van der Waals surface area contributed by atoms with Crippen LogP contribution in [0.15, 0.2) is 67.7 Å². The Morgan fingerprint density at radius 1 is 0.912 bits per heavy atom. The van der Waals surface area contributed by atoms with E-state index in [0.717, 1.165) is 120 Å². The molecule has 306 valence electrons. The van der Waals surface area contributed by atoms with E-state index >= 15 is 0 Å². The van der Waals surface area contributed by atoms with E-state index < -0.39 is 0 Å². The van der Waals surface area contributed by atoms with Gasteiger partial charge in [0.05, 0.1) is 5.69 Å². The van der Waals surface area contributed by atoms with E-state index in [-0.39, 0.29) is 6.04 Å². The first-order valence-electron chi connectivity index (χ1n) is 21.6. The summed E-state index contributed by atoms with van der Waals surface area (Å²) in [4.78, 5) is 22.3. The van der Waals surface area contributed by atoms with Crippen molar-refractivity contribution in [3.05, 3.63) is 90.1 Å². The standard InChI is InChI=1S/C46H67N11/c1-6-8-9-42(36(4)47-5)48-17-14-39-31-40(12-11-38(39)7-2)56-18-15-37(16-19-56)33-55-24-22-53(23-25-55)20-21-54-26-28-57(29-27-54)45-32-44(49-34-50-45)46-41-30-35(3)10-13-43(41)51-52-46/h6-7,11-12,30-32,34,37,42,47-48H,1-2,4,8-10,13-29,33H2,3,5H3,(H,51,52). The van der Waals surface area contributed by atoms with Crippen LogP contribution in [-0.2, 0) is 12.8 Å². The number of aromatic amines is 1. The molecule has 11 nitrogen and oxygen atoms in total. The number of hydrogen-bond acceptors (Lipinski definition) is 10. The number of fused-ring (bicyclic) bond motifs is 1. The maximum absolute atomic E-state index is 4.66. The maximum atomic E-state index is 4.66. The van der Waals surface area contributed by atoms with Crippen LogP contribution >= 0.6 is 0 Å². The van der Waals surface area contributed by atoms with Crippen LogP contribution in [0.4, 0.5) is 11.5 Å². The smallest absolute Gasteiger partial charge is 0.132 e. The Morgan fingerprint density at radius 3 is 2.37 bits per heavy atom. The highest BCUT2D eigenvalue weighted by Crippen LogP contribution is 2.31. The summed E-state index contributed by atoms with van der Waals surface area (Å²) in [7, 11) is 1.95. The Kier molecular flexibility index (Phi) is 14.3. The van der Waals surface area contributed by atoms with Crippen LogP contribution in [-0.4, -0.2) is 140 Å². The summed E-state index contributed by atoms with van der Waals surface area (Å²) >= 11 is 0. The third kappa shape index (κ3) is 10.6. The lowest BCUT2D eigenvalue weighted by molar-refractivity contribution is 0.102. The summed E-state index contributed by atoms with van der Waals surface area (Å²) in [6, 6.07) is 9.32. The molecule has 4 aliphatic rings. The van der Waals surface area contributed by atoms with Gasteiger partial charge in [0.2, 0.25) is 0 Å². The first kappa shape index (κ1) is 40.9. The number of H-pyrrole nitrogens is 1. The average molecular weight is 774 g/mol. The molecular formula is C46H67N11. The van der Waals surface area contributed by atoms with Crippen molar-refractivity contribution in [1.82, 2.24) is 45.5 Å². The number of aromatic nitrogens is 4. The molecule has 0 radical (unpaired) electrons. The van der Waals surface area contributed by atoms with E-state index in [0.29, 0.717) is 0 Å². The number of hydrogen-bond donors (Lipinski definition) is 3. The second-order valence-corrected chi connectivity index (χ2v) is 16.6. The molecule has 1 atom stereocenters. The molecule has 1 aliphatic carbocycles. The van der Waals surface area contributed by atoms with Crippen molar-refractivity contribution < 1.29 is 0 Å². The Balaban J connectivity index is 0.797. The Bertz CT molecular complexity index is 1820.